The van der Waals surface area contributed by atoms with Gasteiger partial charge in [0.15, 0.2) is 0 Å². The van der Waals surface area contributed by atoms with Gasteiger partial charge in [0.25, 0.3) is 5.69 Å². The van der Waals surface area contributed by atoms with Crippen molar-refractivity contribution in [3.05, 3.63) is 45.6 Å². The minimum atomic E-state index is -0.367. The molecule has 1 aliphatic rings. The van der Waals surface area contributed by atoms with Gasteiger partial charge in [-0.05, 0) is 25.3 Å². The van der Waals surface area contributed by atoms with Gasteiger partial charge >= 0.3 is 0 Å². The SMILES string of the molecule is Cc1ccc([N+](=O)[O-])cc1-c1nn(C)cc1CNC1CC1. The number of nitrogens with one attached hydrogen (secondary N) is 1. The van der Waals surface area contributed by atoms with Crippen LogP contribution in [0.2, 0.25) is 0 Å². The zero-order chi connectivity index (χ0) is 15.0. The molecule has 0 radical (unpaired) electrons. The van der Waals surface area contributed by atoms with Gasteiger partial charge in [-0.2, -0.15) is 5.10 Å². The molecule has 3 rings (SSSR count). The third kappa shape index (κ3) is 2.95. The maximum Gasteiger partial charge on any atom is 0.270 e. The highest BCUT2D eigenvalue weighted by Crippen LogP contribution is 2.29. The quantitative estimate of drug-likeness (QED) is 0.677. The largest absolute Gasteiger partial charge is 0.310 e. The first-order chi connectivity index (χ1) is 10.0. The van der Waals surface area contributed by atoms with E-state index < -0.39 is 0 Å². The van der Waals surface area contributed by atoms with Crippen LogP contribution >= 0.6 is 0 Å². The molecule has 0 saturated heterocycles. The molecule has 0 amide bonds. The van der Waals surface area contributed by atoms with E-state index in [0.717, 1.165) is 28.9 Å². The van der Waals surface area contributed by atoms with Crippen molar-refractivity contribution in [2.75, 3.05) is 0 Å². The Morgan fingerprint density at radius 1 is 1.48 bits per heavy atom. The van der Waals surface area contributed by atoms with E-state index in [0.29, 0.717) is 6.04 Å². The standard InChI is InChI=1S/C15H18N4O2/c1-10-3-6-13(19(20)21)7-14(10)15-11(9-18(2)17-15)8-16-12-4-5-12/h3,6-7,9,12,16H,4-5,8H2,1-2H3. The molecule has 0 bridgehead atoms. The molecule has 6 heteroatoms. The van der Waals surface area contributed by atoms with Gasteiger partial charge in [0.05, 0.1) is 10.6 Å². The van der Waals surface area contributed by atoms with E-state index in [-0.39, 0.29) is 10.6 Å². The summed E-state index contributed by atoms with van der Waals surface area (Å²) in [5, 5.41) is 18.9. The number of hydrogen-bond donors (Lipinski definition) is 1. The molecule has 6 nitrogen and oxygen atoms in total. The van der Waals surface area contributed by atoms with Gasteiger partial charge in [0.1, 0.15) is 0 Å². The average molecular weight is 286 g/mol. The maximum atomic E-state index is 11.0. The minimum absolute atomic E-state index is 0.0994. The third-order valence-corrected chi connectivity index (χ3v) is 3.75. The Kier molecular flexibility index (Phi) is 3.47. The van der Waals surface area contributed by atoms with Crippen LogP contribution in [0.4, 0.5) is 5.69 Å². The molecule has 2 aromatic rings. The van der Waals surface area contributed by atoms with Crippen molar-refractivity contribution in [1.29, 1.82) is 0 Å². The first kappa shape index (κ1) is 13.8. The Morgan fingerprint density at radius 2 is 2.24 bits per heavy atom. The monoisotopic (exact) mass is 286 g/mol. The van der Waals surface area contributed by atoms with Gasteiger partial charge < -0.3 is 5.32 Å². The Hall–Kier alpha value is -2.21. The van der Waals surface area contributed by atoms with E-state index >= 15 is 0 Å². The Labute approximate surface area is 122 Å². The lowest BCUT2D eigenvalue weighted by atomic mass is 10.0. The summed E-state index contributed by atoms with van der Waals surface area (Å²) in [6.07, 6.45) is 4.43. The molecule has 1 aliphatic carbocycles. The molecular weight excluding hydrogens is 268 g/mol. The molecule has 0 atom stereocenters. The lowest BCUT2D eigenvalue weighted by molar-refractivity contribution is -0.384. The maximum absolute atomic E-state index is 11.0. The van der Waals surface area contributed by atoms with Crippen molar-refractivity contribution >= 4 is 5.69 Å². The number of hydrogen-bond acceptors (Lipinski definition) is 4. The molecule has 1 heterocycles. The first-order valence-electron chi connectivity index (χ1n) is 7.06. The second-order valence-electron chi connectivity index (χ2n) is 5.59. The van der Waals surface area contributed by atoms with Crippen molar-refractivity contribution in [2.24, 2.45) is 7.05 Å². The van der Waals surface area contributed by atoms with Crippen molar-refractivity contribution < 1.29 is 4.92 Å². The predicted octanol–water partition coefficient (Wildman–Crippen LogP) is 2.56. The molecule has 1 aromatic heterocycles. The molecule has 21 heavy (non-hydrogen) atoms. The summed E-state index contributed by atoms with van der Waals surface area (Å²) in [7, 11) is 1.87. The molecular formula is C15H18N4O2. The third-order valence-electron chi connectivity index (χ3n) is 3.75. The zero-order valence-electron chi connectivity index (χ0n) is 12.2. The van der Waals surface area contributed by atoms with Gasteiger partial charge in [-0.1, -0.05) is 6.07 Å². The Morgan fingerprint density at radius 3 is 2.90 bits per heavy atom. The van der Waals surface area contributed by atoms with Crippen molar-refractivity contribution in [1.82, 2.24) is 15.1 Å². The van der Waals surface area contributed by atoms with Crippen LogP contribution in [0.5, 0.6) is 0 Å². The summed E-state index contributed by atoms with van der Waals surface area (Å²) in [6.45, 7) is 2.70. The van der Waals surface area contributed by atoms with E-state index in [4.69, 9.17) is 0 Å². The van der Waals surface area contributed by atoms with Crippen molar-refractivity contribution in [3.63, 3.8) is 0 Å². The molecule has 0 unspecified atom stereocenters. The predicted molar refractivity (Wildman–Crippen MR) is 79.9 cm³/mol. The van der Waals surface area contributed by atoms with E-state index in [1.807, 2.05) is 20.2 Å². The average Bonchev–Trinajstić information content (AvgIpc) is 3.19. The number of nitrogens with zero attached hydrogens (tertiary/aromatic N) is 3. The van der Waals surface area contributed by atoms with Crippen LogP contribution < -0.4 is 5.32 Å². The first-order valence-corrected chi connectivity index (χ1v) is 7.06. The fourth-order valence-corrected chi connectivity index (χ4v) is 2.41. The second kappa shape index (κ2) is 5.29. The van der Waals surface area contributed by atoms with E-state index in [9.17, 15) is 10.1 Å². The highest BCUT2D eigenvalue weighted by Gasteiger charge is 2.22. The number of nitro groups is 1. The Bertz CT molecular complexity index is 689. The molecule has 0 spiro atoms. The van der Waals surface area contributed by atoms with E-state index in [2.05, 4.69) is 10.4 Å². The lowest BCUT2D eigenvalue weighted by Crippen LogP contribution is -2.15. The van der Waals surface area contributed by atoms with Crippen LogP contribution in [0.1, 0.15) is 24.0 Å². The van der Waals surface area contributed by atoms with Crippen LogP contribution in [0.25, 0.3) is 11.3 Å². The van der Waals surface area contributed by atoms with Crippen molar-refractivity contribution in [3.8, 4) is 11.3 Å². The van der Waals surface area contributed by atoms with Gasteiger partial charge in [0.2, 0.25) is 0 Å². The summed E-state index contributed by atoms with van der Waals surface area (Å²) in [4.78, 5) is 10.6. The normalized spacial score (nSPS) is 14.4. The van der Waals surface area contributed by atoms with E-state index in [1.54, 1.807) is 16.8 Å². The number of aryl methyl sites for hydroxylation is 2. The van der Waals surface area contributed by atoms with Crippen LogP contribution in [-0.4, -0.2) is 20.7 Å². The smallest absolute Gasteiger partial charge is 0.270 e. The van der Waals surface area contributed by atoms with Gasteiger partial charge in [-0.15, -0.1) is 0 Å². The number of nitro benzene ring substituents is 1. The topological polar surface area (TPSA) is 73.0 Å². The molecule has 0 aliphatic heterocycles. The van der Waals surface area contributed by atoms with Crippen LogP contribution in [0, 0.1) is 17.0 Å². The molecule has 1 aromatic carbocycles. The highest BCUT2D eigenvalue weighted by molar-refractivity contribution is 5.69. The summed E-state index contributed by atoms with van der Waals surface area (Å²) < 4.78 is 1.76. The Balaban J connectivity index is 1.98. The van der Waals surface area contributed by atoms with E-state index in [1.165, 1.54) is 18.9 Å². The van der Waals surface area contributed by atoms with Crippen LogP contribution in [0.3, 0.4) is 0 Å². The summed E-state index contributed by atoms with van der Waals surface area (Å²) >= 11 is 0. The van der Waals surface area contributed by atoms with Gasteiger partial charge in [-0.25, -0.2) is 0 Å². The molecule has 1 saturated carbocycles. The number of benzene rings is 1. The van der Waals surface area contributed by atoms with Crippen molar-refractivity contribution in [2.45, 2.75) is 32.4 Å². The molecule has 110 valence electrons. The van der Waals surface area contributed by atoms with Crippen LogP contribution in [-0.2, 0) is 13.6 Å². The zero-order valence-corrected chi connectivity index (χ0v) is 12.2. The molecule has 1 N–H and O–H groups in total. The van der Waals surface area contributed by atoms with Gasteiger partial charge in [0, 0.05) is 49.1 Å². The van der Waals surface area contributed by atoms with Gasteiger partial charge in [-0.3, -0.25) is 14.8 Å². The summed E-state index contributed by atoms with van der Waals surface area (Å²) in [5.41, 5.74) is 3.83. The number of rotatable bonds is 5. The number of aromatic nitrogens is 2. The fraction of sp³-hybridized carbons (Fsp3) is 0.400. The summed E-state index contributed by atoms with van der Waals surface area (Å²) in [6, 6.07) is 5.53. The fourth-order valence-electron chi connectivity index (χ4n) is 2.41. The minimum Gasteiger partial charge on any atom is -0.310 e. The second-order valence-corrected chi connectivity index (χ2v) is 5.59. The highest BCUT2D eigenvalue weighted by atomic mass is 16.6. The number of non-ortho nitro benzene ring substituents is 1. The lowest BCUT2D eigenvalue weighted by Gasteiger charge is -2.06. The summed E-state index contributed by atoms with van der Waals surface area (Å²) in [5.74, 6) is 0. The molecule has 1 fully saturated rings. The van der Waals surface area contributed by atoms with Crippen LogP contribution in [0.15, 0.2) is 24.4 Å².